The number of amides is 1. The lowest BCUT2D eigenvalue weighted by Gasteiger charge is -2.12. The van der Waals surface area contributed by atoms with Crippen LogP contribution in [0.3, 0.4) is 0 Å². The quantitative estimate of drug-likeness (QED) is 0.624. The van der Waals surface area contributed by atoms with E-state index in [2.05, 4.69) is 5.32 Å². The smallest absolute Gasteiger partial charge is 0.251 e. The number of ether oxygens (including phenoxy) is 2. The fourth-order valence-electron chi connectivity index (χ4n) is 2.80. The van der Waals surface area contributed by atoms with Crippen LogP contribution in [0.15, 0.2) is 72.8 Å². The Morgan fingerprint density at radius 1 is 0.929 bits per heavy atom. The molecule has 0 bridgehead atoms. The largest absolute Gasteiger partial charge is 0.508 e. The standard InChI is InChI=1S/C23H23NO4/c1-27-22-15-19(10-11-21(22)28-16-18-6-3-2-4-7-18)23(26)24-13-12-17-8-5-9-20(25)14-17/h2-11,14-15,25H,12-13,16H2,1H3,(H,24,26). The van der Waals surface area contributed by atoms with Crippen LogP contribution in [0.25, 0.3) is 0 Å². The molecular weight excluding hydrogens is 354 g/mol. The van der Waals surface area contributed by atoms with E-state index in [4.69, 9.17) is 9.47 Å². The van der Waals surface area contributed by atoms with Crippen molar-refractivity contribution in [3.63, 3.8) is 0 Å². The Bertz CT molecular complexity index is 925. The van der Waals surface area contributed by atoms with Gasteiger partial charge in [0.1, 0.15) is 12.4 Å². The number of methoxy groups -OCH3 is 1. The normalized spacial score (nSPS) is 10.3. The fraction of sp³-hybridized carbons (Fsp3) is 0.174. The number of hydrogen-bond donors (Lipinski definition) is 2. The second kappa shape index (κ2) is 9.46. The van der Waals surface area contributed by atoms with Gasteiger partial charge in [-0.2, -0.15) is 0 Å². The predicted molar refractivity (Wildman–Crippen MR) is 108 cm³/mol. The molecule has 0 aliphatic rings. The van der Waals surface area contributed by atoms with Crippen molar-refractivity contribution in [1.82, 2.24) is 5.32 Å². The first kappa shape index (κ1) is 19.3. The van der Waals surface area contributed by atoms with Crippen LogP contribution in [0.1, 0.15) is 21.5 Å². The zero-order chi connectivity index (χ0) is 19.8. The molecule has 0 aliphatic carbocycles. The Morgan fingerprint density at radius 3 is 2.46 bits per heavy atom. The van der Waals surface area contributed by atoms with Gasteiger partial charge < -0.3 is 19.9 Å². The minimum Gasteiger partial charge on any atom is -0.508 e. The minimum absolute atomic E-state index is 0.187. The molecule has 5 nitrogen and oxygen atoms in total. The Balaban J connectivity index is 1.58. The number of hydrogen-bond acceptors (Lipinski definition) is 4. The van der Waals surface area contributed by atoms with Crippen molar-refractivity contribution in [3.8, 4) is 17.2 Å². The Morgan fingerprint density at radius 2 is 1.71 bits per heavy atom. The van der Waals surface area contributed by atoms with Gasteiger partial charge in [0.15, 0.2) is 11.5 Å². The van der Waals surface area contributed by atoms with Gasteiger partial charge in [-0.3, -0.25) is 4.79 Å². The van der Waals surface area contributed by atoms with Gasteiger partial charge in [-0.25, -0.2) is 0 Å². The van der Waals surface area contributed by atoms with E-state index in [9.17, 15) is 9.90 Å². The van der Waals surface area contributed by atoms with E-state index in [1.165, 1.54) is 0 Å². The zero-order valence-corrected chi connectivity index (χ0v) is 15.7. The van der Waals surface area contributed by atoms with Crippen molar-refractivity contribution in [2.75, 3.05) is 13.7 Å². The second-order valence-corrected chi connectivity index (χ2v) is 6.32. The number of nitrogens with one attached hydrogen (secondary N) is 1. The number of benzene rings is 3. The van der Waals surface area contributed by atoms with E-state index in [1.54, 1.807) is 43.5 Å². The van der Waals surface area contributed by atoms with Gasteiger partial charge in [-0.1, -0.05) is 42.5 Å². The number of carbonyl (C=O) groups is 1. The van der Waals surface area contributed by atoms with E-state index < -0.39 is 0 Å². The summed E-state index contributed by atoms with van der Waals surface area (Å²) in [5, 5.41) is 12.4. The van der Waals surface area contributed by atoms with Crippen LogP contribution in [0.2, 0.25) is 0 Å². The lowest BCUT2D eigenvalue weighted by molar-refractivity contribution is 0.0953. The van der Waals surface area contributed by atoms with Crippen molar-refractivity contribution in [3.05, 3.63) is 89.5 Å². The first-order chi connectivity index (χ1) is 13.7. The van der Waals surface area contributed by atoms with Gasteiger partial charge in [-0.15, -0.1) is 0 Å². The molecular formula is C23H23NO4. The molecule has 0 aromatic heterocycles. The Kier molecular flexibility index (Phi) is 6.52. The van der Waals surface area contributed by atoms with Crippen molar-refractivity contribution >= 4 is 5.91 Å². The monoisotopic (exact) mass is 377 g/mol. The SMILES string of the molecule is COc1cc(C(=O)NCCc2cccc(O)c2)ccc1OCc1ccccc1. The fourth-order valence-corrected chi connectivity index (χ4v) is 2.80. The highest BCUT2D eigenvalue weighted by atomic mass is 16.5. The molecule has 0 heterocycles. The highest BCUT2D eigenvalue weighted by molar-refractivity contribution is 5.94. The molecule has 0 radical (unpaired) electrons. The van der Waals surface area contributed by atoms with Crippen LogP contribution in [0, 0.1) is 0 Å². The number of phenolic OH excluding ortho intramolecular Hbond substituents is 1. The van der Waals surface area contributed by atoms with E-state index in [-0.39, 0.29) is 11.7 Å². The first-order valence-corrected chi connectivity index (χ1v) is 9.06. The van der Waals surface area contributed by atoms with E-state index >= 15 is 0 Å². The lowest BCUT2D eigenvalue weighted by atomic mass is 10.1. The molecule has 5 heteroatoms. The molecule has 1 amide bonds. The summed E-state index contributed by atoms with van der Waals surface area (Å²) >= 11 is 0. The minimum atomic E-state index is -0.187. The number of carbonyl (C=O) groups excluding carboxylic acids is 1. The lowest BCUT2D eigenvalue weighted by Crippen LogP contribution is -2.25. The zero-order valence-electron chi connectivity index (χ0n) is 15.7. The van der Waals surface area contributed by atoms with Crippen molar-refractivity contribution in [1.29, 1.82) is 0 Å². The maximum atomic E-state index is 12.4. The van der Waals surface area contributed by atoms with Crippen LogP contribution < -0.4 is 14.8 Å². The molecule has 3 rings (SSSR count). The predicted octanol–water partition coefficient (Wildman–Crippen LogP) is 3.95. The summed E-state index contributed by atoms with van der Waals surface area (Å²) in [6.45, 7) is 0.892. The van der Waals surface area contributed by atoms with Gasteiger partial charge in [0.25, 0.3) is 5.91 Å². The molecule has 0 fully saturated rings. The average molecular weight is 377 g/mol. The second-order valence-electron chi connectivity index (χ2n) is 6.32. The van der Waals surface area contributed by atoms with Crippen LogP contribution >= 0.6 is 0 Å². The maximum absolute atomic E-state index is 12.4. The average Bonchev–Trinajstić information content (AvgIpc) is 2.73. The maximum Gasteiger partial charge on any atom is 0.251 e. The van der Waals surface area contributed by atoms with Crippen LogP contribution in [-0.2, 0) is 13.0 Å². The first-order valence-electron chi connectivity index (χ1n) is 9.06. The van der Waals surface area contributed by atoms with Gasteiger partial charge in [0, 0.05) is 12.1 Å². The summed E-state index contributed by atoms with van der Waals surface area (Å²) in [7, 11) is 1.55. The van der Waals surface area contributed by atoms with E-state index in [0.717, 1.165) is 11.1 Å². The molecule has 144 valence electrons. The van der Waals surface area contributed by atoms with Crippen LogP contribution in [0.5, 0.6) is 17.2 Å². The van der Waals surface area contributed by atoms with E-state index in [0.29, 0.717) is 36.6 Å². The third-order valence-electron chi connectivity index (χ3n) is 4.27. The van der Waals surface area contributed by atoms with Gasteiger partial charge in [0.2, 0.25) is 0 Å². The molecule has 3 aromatic carbocycles. The molecule has 28 heavy (non-hydrogen) atoms. The summed E-state index contributed by atoms with van der Waals surface area (Å²) in [4.78, 5) is 12.4. The van der Waals surface area contributed by atoms with Crippen molar-refractivity contribution in [2.45, 2.75) is 13.0 Å². The molecule has 0 saturated carbocycles. The Labute approximate surface area is 164 Å². The van der Waals surface area contributed by atoms with Gasteiger partial charge in [0.05, 0.1) is 7.11 Å². The highest BCUT2D eigenvalue weighted by Crippen LogP contribution is 2.28. The molecule has 0 spiro atoms. The number of rotatable bonds is 8. The number of aromatic hydroxyl groups is 1. The summed E-state index contributed by atoms with van der Waals surface area (Å²) < 4.78 is 11.2. The Hall–Kier alpha value is -3.47. The van der Waals surface area contributed by atoms with Gasteiger partial charge >= 0.3 is 0 Å². The molecule has 0 saturated heterocycles. The molecule has 0 atom stereocenters. The number of phenols is 1. The topological polar surface area (TPSA) is 67.8 Å². The molecule has 0 unspecified atom stereocenters. The summed E-state index contributed by atoms with van der Waals surface area (Å²) in [5.74, 6) is 1.13. The van der Waals surface area contributed by atoms with Crippen molar-refractivity contribution < 1.29 is 19.4 Å². The van der Waals surface area contributed by atoms with Crippen molar-refractivity contribution in [2.24, 2.45) is 0 Å². The van der Waals surface area contributed by atoms with Crippen LogP contribution in [-0.4, -0.2) is 24.7 Å². The molecule has 0 aliphatic heterocycles. The van der Waals surface area contributed by atoms with E-state index in [1.807, 2.05) is 36.4 Å². The third kappa shape index (κ3) is 5.27. The molecule has 2 N–H and O–H groups in total. The summed E-state index contributed by atoms with van der Waals surface area (Å²) in [6.07, 6.45) is 0.634. The highest BCUT2D eigenvalue weighted by Gasteiger charge is 2.11. The van der Waals surface area contributed by atoms with Gasteiger partial charge in [-0.05, 0) is 47.9 Å². The molecule has 3 aromatic rings. The summed E-state index contributed by atoms with van der Waals surface area (Å²) in [5.41, 5.74) is 2.51. The summed E-state index contributed by atoms with van der Waals surface area (Å²) in [6, 6.07) is 22.0. The third-order valence-corrected chi connectivity index (χ3v) is 4.27. The van der Waals surface area contributed by atoms with Crippen LogP contribution in [0.4, 0.5) is 0 Å².